The highest BCUT2D eigenvalue weighted by Gasteiger charge is 2.21. The Morgan fingerprint density at radius 3 is 2.48 bits per heavy atom. The minimum absolute atomic E-state index is 0.176. The van der Waals surface area contributed by atoms with Gasteiger partial charge in [-0.1, -0.05) is 25.8 Å². The lowest BCUT2D eigenvalue weighted by molar-refractivity contribution is 0.319. The Labute approximate surface area is 128 Å². The molecular formula is C16H26N2O2S. The van der Waals surface area contributed by atoms with Gasteiger partial charge in [0.05, 0.1) is 4.90 Å². The predicted molar refractivity (Wildman–Crippen MR) is 86.8 cm³/mol. The number of hydrogen-bond donors (Lipinski definition) is 2. The van der Waals surface area contributed by atoms with E-state index in [-0.39, 0.29) is 4.90 Å². The number of sulfonamides is 1. The number of anilines is 1. The Morgan fingerprint density at radius 1 is 1.24 bits per heavy atom. The van der Waals surface area contributed by atoms with Gasteiger partial charge in [0.25, 0.3) is 0 Å². The molecule has 0 amide bonds. The largest absolute Gasteiger partial charge is 0.382 e. The van der Waals surface area contributed by atoms with Crippen LogP contribution in [0.4, 0.5) is 5.69 Å². The zero-order chi connectivity index (χ0) is 15.5. The summed E-state index contributed by atoms with van der Waals surface area (Å²) < 4.78 is 22.9. The van der Waals surface area contributed by atoms with Crippen LogP contribution in [0.25, 0.3) is 0 Å². The van der Waals surface area contributed by atoms with Gasteiger partial charge in [-0.15, -0.1) is 0 Å². The van der Waals surface area contributed by atoms with Gasteiger partial charge in [0, 0.05) is 11.7 Å². The van der Waals surface area contributed by atoms with Crippen LogP contribution >= 0.6 is 0 Å². The molecule has 0 radical (unpaired) electrons. The molecule has 0 aromatic heterocycles. The molecule has 1 saturated carbocycles. The third kappa shape index (κ3) is 4.45. The Morgan fingerprint density at radius 2 is 1.90 bits per heavy atom. The predicted octanol–water partition coefficient (Wildman–Crippen LogP) is 3.41. The summed E-state index contributed by atoms with van der Waals surface area (Å²) in [5.74, 6) is 0.866. The molecule has 0 heterocycles. The molecule has 21 heavy (non-hydrogen) atoms. The Kier molecular flexibility index (Phi) is 5.27. The Bertz CT molecular complexity index is 576. The molecule has 0 atom stereocenters. The third-order valence-corrected chi connectivity index (χ3v) is 5.35. The highest BCUT2D eigenvalue weighted by Crippen LogP contribution is 2.30. The van der Waals surface area contributed by atoms with E-state index in [1.807, 2.05) is 13.0 Å². The number of primary sulfonamides is 1. The summed E-state index contributed by atoms with van der Waals surface area (Å²) in [5.41, 5.74) is 1.94. The van der Waals surface area contributed by atoms with Crippen LogP contribution in [0.3, 0.4) is 0 Å². The lowest BCUT2D eigenvalue weighted by Crippen LogP contribution is -2.26. The monoisotopic (exact) mass is 310 g/mol. The lowest BCUT2D eigenvalue weighted by atomic mass is 9.83. The zero-order valence-corrected chi connectivity index (χ0v) is 13.7. The average molecular weight is 310 g/mol. The fourth-order valence-electron chi connectivity index (χ4n) is 3.16. The maximum atomic E-state index is 11.5. The quantitative estimate of drug-likeness (QED) is 0.875. The van der Waals surface area contributed by atoms with E-state index in [9.17, 15) is 8.42 Å². The van der Waals surface area contributed by atoms with Crippen molar-refractivity contribution in [3.8, 4) is 0 Å². The van der Waals surface area contributed by atoms with Gasteiger partial charge in [-0.05, 0) is 56.2 Å². The highest BCUT2D eigenvalue weighted by molar-refractivity contribution is 7.89. The number of benzene rings is 1. The van der Waals surface area contributed by atoms with Crippen LogP contribution in [0.15, 0.2) is 23.1 Å². The van der Waals surface area contributed by atoms with Crippen LogP contribution in [0.1, 0.15) is 51.0 Å². The van der Waals surface area contributed by atoms with Crippen molar-refractivity contribution in [2.24, 2.45) is 11.1 Å². The van der Waals surface area contributed by atoms with Gasteiger partial charge in [-0.3, -0.25) is 0 Å². The molecule has 1 fully saturated rings. The molecule has 0 unspecified atom stereocenters. The Balaban J connectivity index is 2.03. The third-order valence-electron chi connectivity index (χ3n) is 4.44. The van der Waals surface area contributed by atoms with Crippen molar-refractivity contribution < 1.29 is 8.42 Å². The molecule has 0 bridgehead atoms. The maximum absolute atomic E-state index is 11.5. The van der Waals surface area contributed by atoms with Gasteiger partial charge >= 0.3 is 0 Å². The molecular weight excluding hydrogens is 284 g/mol. The fraction of sp³-hybridized carbons (Fsp3) is 0.625. The second-order valence-corrected chi connectivity index (χ2v) is 7.73. The minimum atomic E-state index is -3.64. The second-order valence-electron chi connectivity index (χ2n) is 6.17. The summed E-state index contributed by atoms with van der Waals surface area (Å²) in [5, 5.41) is 8.71. The first-order chi connectivity index (χ1) is 9.90. The molecule has 3 N–H and O–H groups in total. The number of aryl methyl sites for hydroxylation is 1. The molecule has 0 aliphatic heterocycles. The topological polar surface area (TPSA) is 72.2 Å². The van der Waals surface area contributed by atoms with Crippen molar-refractivity contribution >= 4 is 15.7 Å². The van der Waals surface area contributed by atoms with Crippen LogP contribution in [-0.2, 0) is 10.0 Å². The Hall–Kier alpha value is -1.07. The molecule has 118 valence electrons. The number of rotatable bonds is 5. The molecule has 0 spiro atoms. The van der Waals surface area contributed by atoms with Crippen LogP contribution in [-0.4, -0.2) is 14.5 Å². The van der Waals surface area contributed by atoms with Gasteiger partial charge in [-0.25, -0.2) is 13.6 Å². The number of hydrogen-bond acceptors (Lipinski definition) is 3. The lowest BCUT2D eigenvalue weighted by Gasteiger charge is -2.30. The number of nitrogens with one attached hydrogen (secondary N) is 1. The van der Waals surface area contributed by atoms with Crippen molar-refractivity contribution in [3.63, 3.8) is 0 Å². The summed E-state index contributed by atoms with van der Waals surface area (Å²) in [6.07, 6.45) is 7.43. The fourth-order valence-corrected chi connectivity index (χ4v) is 3.70. The first-order valence-electron chi connectivity index (χ1n) is 7.80. The molecule has 1 aliphatic carbocycles. The van der Waals surface area contributed by atoms with Crippen LogP contribution in [0.5, 0.6) is 0 Å². The molecule has 5 heteroatoms. The minimum Gasteiger partial charge on any atom is -0.382 e. The molecule has 1 aliphatic rings. The van der Waals surface area contributed by atoms with Gasteiger partial charge in [0.1, 0.15) is 0 Å². The first-order valence-corrected chi connectivity index (χ1v) is 9.34. The van der Waals surface area contributed by atoms with E-state index in [1.165, 1.54) is 25.7 Å². The highest BCUT2D eigenvalue weighted by atomic mass is 32.2. The average Bonchev–Trinajstić information content (AvgIpc) is 2.42. The van der Waals surface area contributed by atoms with Crippen molar-refractivity contribution in [1.29, 1.82) is 0 Å². The van der Waals surface area contributed by atoms with E-state index in [0.717, 1.165) is 30.0 Å². The van der Waals surface area contributed by atoms with E-state index >= 15 is 0 Å². The van der Waals surface area contributed by atoms with E-state index in [2.05, 4.69) is 12.2 Å². The normalized spacial score (nSPS) is 23.0. The molecule has 4 nitrogen and oxygen atoms in total. The maximum Gasteiger partial charge on any atom is 0.238 e. The van der Waals surface area contributed by atoms with Crippen molar-refractivity contribution in [1.82, 2.24) is 0 Å². The van der Waals surface area contributed by atoms with Gasteiger partial charge in [-0.2, -0.15) is 0 Å². The van der Waals surface area contributed by atoms with Gasteiger partial charge in [0.2, 0.25) is 10.0 Å². The van der Waals surface area contributed by atoms with Crippen molar-refractivity contribution in [3.05, 3.63) is 23.8 Å². The summed E-state index contributed by atoms with van der Waals surface area (Å²) in [6, 6.07) is 5.47. The zero-order valence-electron chi connectivity index (χ0n) is 12.9. The summed E-state index contributed by atoms with van der Waals surface area (Å²) in [7, 11) is -3.64. The SMILES string of the molecule is CCCC1CCC(Nc2cc(S(N)(=O)=O)ccc2C)CC1. The van der Waals surface area contributed by atoms with E-state index in [1.54, 1.807) is 12.1 Å². The van der Waals surface area contributed by atoms with Crippen LogP contribution < -0.4 is 10.5 Å². The van der Waals surface area contributed by atoms with Crippen molar-refractivity contribution in [2.45, 2.75) is 63.3 Å². The van der Waals surface area contributed by atoms with Gasteiger partial charge < -0.3 is 5.32 Å². The standard InChI is InChI=1S/C16H26N2O2S/c1-3-4-13-6-8-14(9-7-13)18-16-11-15(21(17,19)20)10-5-12(16)2/h5,10-11,13-14,18H,3-4,6-9H2,1-2H3,(H2,17,19,20). The van der Waals surface area contributed by atoms with Gasteiger partial charge in [0.15, 0.2) is 0 Å². The second kappa shape index (κ2) is 6.79. The molecule has 1 aromatic carbocycles. The summed E-state index contributed by atoms with van der Waals surface area (Å²) >= 11 is 0. The molecule has 0 saturated heterocycles. The molecule has 1 aromatic rings. The molecule has 2 rings (SSSR count). The summed E-state index contributed by atoms with van der Waals surface area (Å²) in [6.45, 7) is 4.23. The smallest absolute Gasteiger partial charge is 0.238 e. The van der Waals surface area contributed by atoms with E-state index in [4.69, 9.17) is 5.14 Å². The van der Waals surface area contributed by atoms with Crippen LogP contribution in [0, 0.1) is 12.8 Å². The van der Waals surface area contributed by atoms with Crippen molar-refractivity contribution in [2.75, 3.05) is 5.32 Å². The van der Waals surface area contributed by atoms with E-state index < -0.39 is 10.0 Å². The van der Waals surface area contributed by atoms with E-state index in [0.29, 0.717) is 6.04 Å². The van der Waals surface area contributed by atoms with Crippen LogP contribution in [0.2, 0.25) is 0 Å². The summed E-state index contributed by atoms with van der Waals surface area (Å²) in [4.78, 5) is 0.176. The first kappa shape index (κ1) is 16.3. The number of nitrogens with two attached hydrogens (primary N) is 1.